The summed E-state index contributed by atoms with van der Waals surface area (Å²) >= 11 is 0. The first kappa shape index (κ1) is 14.2. The van der Waals surface area contributed by atoms with Gasteiger partial charge in [0.25, 0.3) is 0 Å². The van der Waals surface area contributed by atoms with Crippen molar-refractivity contribution in [3.8, 4) is 0 Å². The first-order valence-corrected chi connectivity index (χ1v) is 7.46. The molecule has 3 N–H and O–H groups in total. The van der Waals surface area contributed by atoms with Crippen molar-refractivity contribution in [3.63, 3.8) is 0 Å². The Bertz CT molecular complexity index is 378. The number of nitrogens with two attached hydrogens (primary N) is 1. The van der Waals surface area contributed by atoms with Crippen molar-refractivity contribution in [1.82, 2.24) is 4.31 Å². The molecule has 0 aliphatic carbocycles. The van der Waals surface area contributed by atoms with E-state index in [0.717, 1.165) is 12.8 Å². The van der Waals surface area contributed by atoms with Gasteiger partial charge in [0.05, 0.1) is 11.8 Å². The van der Waals surface area contributed by atoms with Crippen molar-refractivity contribution in [2.45, 2.75) is 39.2 Å². The highest BCUT2D eigenvalue weighted by Gasteiger charge is 2.34. The van der Waals surface area contributed by atoms with Crippen LogP contribution in [0, 0.1) is 5.92 Å². The Morgan fingerprint density at radius 1 is 1.53 bits per heavy atom. The normalized spacial score (nSPS) is 24.2. The van der Waals surface area contributed by atoms with Gasteiger partial charge in [0.15, 0.2) is 5.84 Å². The van der Waals surface area contributed by atoms with Crippen LogP contribution in [0.1, 0.15) is 33.1 Å². The van der Waals surface area contributed by atoms with Gasteiger partial charge in [-0.05, 0) is 18.8 Å². The maximum atomic E-state index is 12.2. The summed E-state index contributed by atoms with van der Waals surface area (Å²) in [6.07, 6.45) is 2.34. The Balaban J connectivity index is 2.92. The van der Waals surface area contributed by atoms with E-state index < -0.39 is 16.1 Å². The zero-order valence-corrected chi connectivity index (χ0v) is 11.2. The van der Waals surface area contributed by atoms with E-state index in [-0.39, 0.29) is 17.5 Å². The lowest BCUT2D eigenvalue weighted by molar-refractivity contribution is 0.280. The van der Waals surface area contributed by atoms with E-state index in [1.165, 1.54) is 4.31 Å². The number of piperidine rings is 1. The molecule has 0 aromatic carbocycles. The van der Waals surface area contributed by atoms with E-state index in [1.807, 2.05) is 13.8 Å². The smallest absolute Gasteiger partial charge is 0.215 e. The van der Waals surface area contributed by atoms with Crippen molar-refractivity contribution < 1.29 is 13.6 Å². The van der Waals surface area contributed by atoms with Crippen LogP contribution in [-0.4, -0.2) is 42.1 Å². The summed E-state index contributed by atoms with van der Waals surface area (Å²) in [4.78, 5) is 0. The van der Waals surface area contributed by atoms with Gasteiger partial charge in [0.1, 0.15) is 0 Å². The van der Waals surface area contributed by atoms with E-state index in [4.69, 9.17) is 10.9 Å². The molecule has 1 saturated heterocycles. The van der Waals surface area contributed by atoms with Crippen LogP contribution in [0.25, 0.3) is 0 Å². The van der Waals surface area contributed by atoms with Crippen LogP contribution in [0.4, 0.5) is 0 Å². The molecule has 1 aliphatic heterocycles. The summed E-state index contributed by atoms with van der Waals surface area (Å²) < 4.78 is 25.7. The standard InChI is InChI=1S/C10H21N3O3S/c1-8(2)7-17(15,16)13-6-4-3-5-9(13)10(11)12-14/h8-9,14H,3-7H2,1-2H3,(H2,11,12). The van der Waals surface area contributed by atoms with E-state index >= 15 is 0 Å². The number of rotatable bonds is 4. The molecule has 100 valence electrons. The second kappa shape index (κ2) is 5.68. The van der Waals surface area contributed by atoms with Gasteiger partial charge in [0, 0.05) is 6.54 Å². The van der Waals surface area contributed by atoms with Crippen molar-refractivity contribution in [2.24, 2.45) is 16.8 Å². The second-order valence-corrected chi connectivity index (χ2v) is 6.79. The molecule has 0 saturated carbocycles. The van der Waals surface area contributed by atoms with Crippen LogP contribution in [0.3, 0.4) is 0 Å². The number of sulfonamides is 1. The summed E-state index contributed by atoms with van der Waals surface area (Å²) in [5.74, 6) is 0.147. The van der Waals surface area contributed by atoms with Crippen molar-refractivity contribution >= 4 is 15.9 Å². The van der Waals surface area contributed by atoms with Gasteiger partial charge in [-0.25, -0.2) is 8.42 Å². The topological polar surface area (TPSA) is 96.0 Å². The highest BCUT2D eigenvalue weighted by atomic mass is 32.2. The van der Waals surface area contributed by atoms with Crippen molar-refractivity contribution in [2.75, 3.05) is 12.3 Å². The lowest BCUT2D eigenvalue weighted by Crippen LogP contribution is -2.51. The summed E-state index contributed by atoms with van der Waals surface area (Å²) in [6, 6.07) is -0.488. The largest absolute Gasteiger partial charge is 0.409 e. The maximum absolute atomic E-state index is 12.2. The van der Waals surface area contributed by atoms with Crippen LogP contribution in [-0.2, 0) is 10.0 Å². The van der Waals surface area contributed by atoms with E-state index in [1.54, 1.807) is 0 Å². The number of oxime groups is 1. The van der Waals surface area contributed by atoms with Gasteiger partial charge < -0.3 is 10.9 Å². The lowest BCUT2D eigenvalue weighted by atomic mass is 10.0. The van der Waals surface area contributed by atoms with Gasteiger partial charge in [0.2, 0.25) is 10.0 Å². The Hall–Kier alpha value is -0.820. The van der Waals surface area contributed by atoms with Gasteiger partial charge >= 0.3 is 0 Å². The Morgan fingerprint density at radius 3 is 2.71 bits per heavy atom. The molecular weight excluding hydrogens is 242 g/mol. The van der Waals surface area contributed by atoms with Gasteiger partial charge in [-0.2, -0.15) is 4.31 Å². The third-order valence-electron chi connectivity index (χ3n) is 2.81. The van der Waals surface area contributed by atoms with E-state index in [0.29, 0.717) is 13.0 Å². The summed E-state index contributed by atoms with van der Waals surface area (Å²) in [5, 5.41) is 11.6. The Kier molecular flexibility index (Phi) is 4.76. The Labute approximate surface area is 103 Å². The summed E-state index contributed by atoms with van der Waals surface area (Å²) in [5.41, 5.74) is 5.56. The Morgan fingerprint density at radius 2 is 2.18 bits per heavy atom. The molecule has 0 bridgehead atoms. The second-order valence-electron chi connectivity index (χ2n) is 4.82. The first-order chi connectivity index (χ1) is 7.88. The third kappa shape index (κ3) is 3.57. The highest BCUT2D eigenvalue weighted by molar-refractivity contribution is 7.89. The van der Waals surface area contributed by atoms with Gasteiger partial charge in [-0.3, -0.25) is 0 Å². The minimum Gasteiger partial charge on any atom is -0.409 e. The molecule has 0 radical (unpaired) electrons. The van der Waals surface area contributed by atoms with Crippen LogP contribution >= 0.6 is 0 Å². The molecule has 6 nitrogen and oxygen atoms in total. The molecule has 1 aliphatic rings. The first-order valence-electron chi connectivity index (χ1n) is 5.85. The molecule has 0 spiro atoms. The summed E-state index contributed by atoms with van der Waals surface area (Å²) in [6.45, 7) is 4.18. The molecule has 0 aromatic rings. The van der Waals surface area contributed by atoms with Gasteiger partial charge in [-0.1, -0.05) is 25.4 Å². The quantitative estimate of drug-likeness (QED) is 0.335. The molecule has 1 heterocycles. The maximum Gasteiger partial charge on any atom is 0.215 e. The zero-order chi connectivity index (χ0) is 13.1. The monoisotopic (exact) mass is 263 g/mol. The molecule has 1 atom stereocenters. The number of hydrogen-bond donors (Lipinski definition) is 2. The summed E-state index contributed by atoms with van der Waals surface area (Å²) in [7, 11) is -3.33. The molecule has 0 aromatic heterocycles. The zero-order valence-electron chi connectivity index (χ0n) is 10.3. The number of hydrogen-bond acceptors (Lipinski definition) is 4. The minimum absolute atomic E-state index is 0.0166. The van der Waals surface area contributed by atoms with Crippen LogP contribution < -0.4 is 5.73 Å². The SMILES string of the molecule is CC(C)CS(=O)(=O)N1CCCCC1C(N)=NO. The lowest BCUT2D eigenvalue weighted by Gasteiger charge is -2.34. The average molecular weight is 263 g/mol. The van der Waals surface area contributed by atoms with Crippen LogP contribution in [0.2, 0.25) is 0 Å². The average Bonchev–Trinajstić information content (AvgIpc) is 2.26. The predicted molar refractivity (Wildman–Crippen MR) is 66.4 cm³/mol. The number of amidine groups is 1. The third-order valence-corrected chi connectivity index (χ3v) is 5.05. The fourth-order valence-electron chi connectivity index (χ4n) is 2.12. The van der Waals surface area contributed by atoms with Crippen LogP contribution in [0.15, 0.2) is 5.16 Å². The van der Waals surface area contributed by atoms with Crippen molar-refractivity contribution in [3.05, 3.63) is 0 Å². The predicted octanol–water partition coefficient (Wildman–Crippen LogP) is 0.573. The fraction of sp³-hybridized carbons (Fsp3) is 0.900. The molecule has 1 rings (SSSR count). The molecule has 7 heteroatoms. The van der Waals surface area contributed by atoms with E-state index in [2.05, 4.69) is 5.16 Å². The molecule has 1 fully saturated rings. The van der Waals surface area contributed by atoms with E-state index in [9.17, 15) is 8.42 Å². The molecule has 17 heavy (non-hydrogen) atoms. The van der Waals surface area contributed by atoms with Gasteiger partial charge in [-0.15, -0.1) is 0 Å². The number of nitrogens with zero attached hydrogens (tertiary/aromatic N) is 2. The fourth-order valence-corrected chi connectivity index (χ4v) is 4.16. The van der Waals surface area contributed by atoms with Crippen molar-refractivity contribution in [1.29, 1.82) is 0 Å². The molecule has 1 unspecified atom stereocenters. The highest BCUT2D eigenvalue weighted by Crippen LogP contribution is 2.22. The molecular formula is C10H21N3O3S. The molecule has 0 amide bonds. The van der Waals surface area contributed by atoms with Crippen LogP contribution in [0.5, 0.6) is 0 Å². The minimum atomic E-state index is -3.33.